The van der Waals surface area contributed by atoms with Gasteiger partial charge < -0.3 is 10.6 Å². The Morgan fingerprint density at radius 1 is 1.61 bits per heavy atom. The Hall–Kier alpha value is -1.43. The highest BCUT2D eigenvalue weighted by atomic mass is 16.2. The SMILES string of the molecule is CCCCN(C(=O)c1cn(CCN)nn1)C1CC1. The maximum Gasteiger partial charge on any atom is 0.276 e. The van der Waals surface area contributed by atoms with Crippen molar-refractivity contribution in [2.45, 2.75) is 45.2 Å². The minimum atomic E-state index is 0.00854. The van der Waals surface area contributed by atoms with Gasteiger partial charge in [-0.3, -0.25) is 9.48 Å². The Morgan fingerprint density at radius 3 is 3.00 bits per heavy atom. The maximum absolute atomic E-state index is 12.3. The summed E-state index contributed by atoms with van der Waals surface area (Å²) in [5.41, 5.74) is 5.88. The Balaban J connectivity index is 2.01. The molecular weight excluding hydrogens is 230 g/mol. The summed E-state index contributed by atoms with van der Waals surface area (Å²) in [7, 11) is 0. The fraction of sp³-hybridized carbons (Fsp3) is 0.750. The van der Waals surface area contributed by atoms with Crippen molar-refractivity contribution in [1.82, 2.24) is 19.9 Å². The van der Waals surface area contributed by atoms with Crippen LogP contribution >= 0.6 is 0 Å². The van der Waals surface area contributed by atoms with E-state index in [0.29, 0.717) is 24.8 Å². The highest BCUT2D eigenvalue weighted by Crippen LogP contribution is 2.28. The lowest BCUT2D eigenvalue weighted by Crippen LogP contribution is -2.34. The van der Waals surface area contributed by atoms with E-state index in [9.17, 15) is 4.79 Å². The molecule has 1 saturated carbocycles. The fourth-order valence-electron chi connectivity index (χ4n) is 1.95. The van der Waals surface area contributed by atoms with Gasteiger partial charge in [-0.15, -0.1) is 5.10 Å². The van der Waals surface area contributed by atoms with E-state index in [1.54, 1.807) is 10.9 Å². The van der Waals surface area contributed by atoms with Gasteiger partial charge >= 0.3 is 0 Å². The maximum atomic E-state index is 12.3. The highest BCUT2D eigenvalue weighted by Gasteiger charge is 2.33. The Kier molecular flexibility index (Phi) is 4.30. The van der Waals surface area contributed by atoms with Gasteiger partial charge in [0.2, 0.25) is 0 Å². The van der Waals surface area contributed by atoms with Gasteiger partial charge in [0, 0.05) is 19.1 Å². The molecule has 2 N–H and O–H groups in total. The molecule has 0 aliphatic heterocycles. The van der Waals surface area contributed by atoms with E-state index < -0.39 is 0 Å². The van der Waals surface area contributed by atoms with Crippen LogP contribution in [0.4, 0.5) is 0 Å². The average molecular weight is 251 g/mol. The van der Waals surface area contributed by atoms with Crippen LogP contribution in [-0.4, -0.2) is 44.9 Å². The van der Waals surface area contributed by atoms with Gasteiger partial charge in [-0.1, -0.05) is 18.6 Å². The standard InChI is InChI=1S/C12H21N5O/c1-2-3-7-17(10-4-5-10)12(18)11-9-16(8-6-13)15-14-11/h9-10H,2-8,13H2,1H3. The second kappa shape index (κ2) is 5.95. The van der Waals surface area contributed by atoms with Crippen molar-refractivity contribution >= 4 is 5.91 Å². The smallest absolute Gasteiger partial charge is 0.276 e. The molecule has 1 fully saturated rings. The third kappa shape index (κ3) is 3.07. The fourth-order valence-corrected chi connectivity index (χ4v) is 1.95. The number of carbonyl (C=O) groups excluding carboxylic acids is 1. The van der Waals surface area contributed by atoms with Crippen LogP contribution in [0.1, 0.15) is 43.1 Å². The monoisotopic (exact) mass is 251 g/mol. The molecule has 1 aromatic heterocycles. The molecule has 18 heavy (non-hydrogen) atoms. The topological polar surface area (TPSA) is 77.0 Å². The van der Waals surface area contributed by atoms with E-state index in [2.05, 4.69) is 17.2 Å². The van der Waals surface area contributed by atoms with E-state index in [-0.39, 0.29) is 5.91 Å². The summed E-state index contributed by atoms with van der Waals surface area (Å²) in [6, 6.07) is 0.420. The van der Waals surface area contributed by atoms with Crippen LogP contribution in [0.3, 0.4) is 0 Å². The first kappa shape index (κ1) is 13.0. The predicted octanol–water partition coefficient (Wildman–Crippen LogP) is 0.642. The molecule has 0 spiro atoms. The zero-order chi connectivity index (χ0) is 13.0. The average Bonchev–Trinajstić information content (AvgIpc) is 3.09. The summed E-state index contributed by atoms with van der Waals surface area (Å²) in [5, 5.41) is 7.85. The van der Waals surface area contributed by atoms with Gasteiger partial charge in [0.05, 0.1) is 12.7 Å². The Morgan fingerprint density at radius 2 is 2.39 bits per heavy atom. The number of carbonyl (C=O) groups is 1. The first-order chi connectivity index (χ1) is 8.76. The second-order valence-corrected chi connectivity index (χ2v) is 4.74. The lowest BCUT2D eigenvalue weighted by atomic mass is 10.3. The van der Waals surface area contributed by atoms with Crippen molar-refractivity contribution in [1.29, 1.82) is 0 Å². The number of amides is 1. The number of aromatic nitrogens is 3. The molecule has 100 valence electrons. The van der Waals surface area contributed by atoms with E-state index >= 15 is 0 Å². The summed E-state index contributed by atoms with van der Waals surface area (Å²) in [4.78, 5) is 14.3. The predicted molar refractivity (Wildman–Crippen MR) is 68.0 cm³/mol. The minimum absolute atomic E-state index is 0.00854. The number of unbranched alkanes of at least 4 members (excludes halogenated alkanes) is 1. The normalized spacial score (nSPS) is 14.8. The van der Waals surface area contributed by atoms with Crippen molar-refractivity contribution in [2.24, 2.45) is 5.73 Å². The number of nitrogens with zero attached hydrogens (tertiary/aromatic N) is 4. The zero-order valence-corrected chi connectivity index (χ0v) is 10.9. The van der Waals surface area contributed by atoms with Crippen LogP contribution < -0.4 is 5.73 Å². The minimum Gasteiger partial charge on any atom is -0.334 e. The molecule has 1 aromatic rings. The molecule has 6 heteroatoms. The lowest BCUT2D eigenvalue weighted by Gasteiger charge is -2.20. The molecule has 0 saturated heterocycles. The van der Waals surface area contributed by atoms with Gasteiger partial charge in [-0.05, 0) is 19.3 Å². The van der Waals surface area contributed by atoms with Crippen LogP contribution in [-0.2, 0) is 6.54 Å². The molecule has 0 radical (unpaired) electrons. The number of nitrogens with two attached hydrogens (primary N) is 1. The van der Waals surface area contributed by atoms with Crippen molar-refractivity contribution in [2.75, 3.05) is 13.1 Å². The second-order valence-electron chi connectivity index (χ2n) is 4.74. The van der Waals surface area contributed by atoms with Crippen molar-refractivity contribution < 1.29 is 4.79 Å². The third-order valence-corrected chi connectivity index (χ3v) is 3.12. The van der Waals surface area contributed by atoms with Gasteiger partial charge in [0.15, 0.2) is 5.69 Å². The van der Waals surface area contributed by atoms with Gasteiger partial charge in [-0.2, -0.15) is 0 Å². The first-order valence-electron chi connectivity index (χ1n) is 6.67. The zero-order valence-electron chi connectivity index (χ0n) is 10.9. The van der Waals surface area contributed by atoms with Crippen LogP contribution in [0, 0.1) is 0 Å². The molecule has 0 aromatic carbocycles. The molecule has 1 amide bonds. The molecule has 1 heterocycles. The summed E-state index contributed by atoms with van der Waals surface area (Å²) in [5.74, 6) is 0.00854. The van der Waals surface area contributed by atoms with Crippen molar-refractivity contribution in [3.05, 3.63) is 11.9 Å². The summed E-state index contributed by atoms with van der Waals surface area (Å²) >= 11 is 0. The summed E-state index contributed by atoms with van der Waals surface area (Å²) in [6.45, 7) is 4.05. The van der Waals surface area contributed by atoms with Gasteiger partial charge in [0.1, 0.15) is 0 Å². The first-order valence-corrected chi connectivity index (χ1v) is 6.67. The van der Waals surface area contributed by atoms with Crippen molar-refractivity contribution in [3.63, 3.8) is 0 Å². The van der Waals surface area contributed by atoms with Crippen molar-refractivity contribution in [3.8, 4) is 0 Å². The molecule has 2 rings (SSSR count). The number of hydrogen-bond donors (Lipinski definition) is 1. The Labute approximate surface area is 107 Å². The molecular formula is C12H21N5O. The Bertz CT molecular complexity index is 399. The van der Waals surface area contributed by atoms with Crippen LogP contribution in [0.15, 0.2) is 6.20 Å². The quantitative estimate of drug-likeness (QED) is 0.771. The van der Waals surface area contributed by atoms with E-state index in [0.717, 1.165) is 32.2 Å². The van der Waals surface area contributed by atoms with Crippen LogP contribution in [0.2, 0.25) is 0 Å². The summed E-state index contributed by atoms with van der Waals surface area (Å²) in [6.07, 6.45) is 6.06. The van der Waals surface area contributed by atoms with Crippen LogP contribution in [0.5, 0.6) is 0 Å². The molecule has 6 nitrogen and oxygen atoms in total. The van der Waals surface area contributed by atoms with Gasteiger partial charge in [0.25, 0.3) is 5.91 Å². The summed E-state index contributed by atoms with van der Waals surface area (Å²) < 4.78 is 1.62. The molecule has 0 atom stereocenters. The third-order valence-electron chi connectivity index (χ3n) is 3.12. The largest absolute Gasteiger partial charge is 0.334 e. The van der Waals surface area contributed by atoms with E-state index in [4.69, 9.17) is 5.73 Å². The molecule has 0 unspecified atom stereocenters. The number of rotatable bonds is 7. The molecule has 1 aliphatic carbocycles. The number of hydrogen-bond acceptors (Lipinski definition) is 4. The van der Waals surface area contributed by atoms with Crippen LogP contribution in [0.25, 0.3) is 0 Å². The highest BCUT2D eigenvalue weighted by molar-refractivity contribution is 5.92. The van der Waals surface area contributed by atoms with Gasteiger partial charge in [-0.25, -0.2) is 0 Å². The lowest BCUT2D eigenvalue weighted by molar-refractivity contribution is 0.0734. The van der Waals surface area contributed by atoms with E-state index in [1.165, 1.54) is 0 Å². The van der Waals surface area contributed by atoms with E-state index in [1.807, 2.05) is 4.90 Å². The molecule has 1 aliphatic rings. The molecule has 0 bridgehead atoms.